The van der Waals surface area contributed by atoms with Gasteiger partial charge in [0.2, 0.25) is 11.8 Å². The van der Waals surface area contributed by atoms with Crippen molar-refractivity contribution in [2.75, 3.05) is 26.7 Å². The van der Waals surface area contributed by atoms with Gasteiger partial charge in [-0.05, 0) is 24.7 Å². The molecule has 0 aromatic carbocycles. The topological polar surface area (TPSA) is 73.8 Å². The molecule has 24 heavy (non-hydrogen) atoms. The Hall–Kier alpha value is -1.12. The van der Waals surface area contributed by atoms with Crippen LogP contribution in [-0.4, -0.2) is 49.4 Å². The molecule has 0 aromatic heterocycles. The number of unbranched alkanes of at least 4 members (excludes halogenated alkanes) is 1. The second-order valence-electron chi connectivity index (χ2n) is 6.61. The Kier molecular flexibility index (Phi) is 6.65. The lowest BCUT2D eigenvalue weighted by molar-refractivity contribution is -0.140. The molecule has 2 bridgehead atoms. The smallest absolute Gasteiger partial charge is 0.233 e. The number of likely N-dealkylation sites (tertiary alicyclic amines) is 1. The summed E-state index contributed by atoms with van der Waals surface area (Å²) in [5.74, 6) is 1.13. The molecule has 0 aromatic rings. The summed E-state index contributed by atoms with van der Waals surface area (Å²) in [4.78, 5) is 30.7. The van der Waals surface area contributed by atoms with E-state index in [0.29, 0.717) is 13.1 Å². The van der Waals surface area contributed by atoms with E-state index in [2.05, 4.69) is 34.7 Å². The summed E-state index contributed by atoms with van der Waals surface area (Å²) in [6, 6.07) is 0. The van der Waals surface area contributed by atoms with Crippen molar-refractivity contribution in [3.05, 3.63) is 12.2 Å². The maximum atomic E-state index is 12.5. The molecule has 0 radical (unpaired) electrons. The highest BCUT2D eigenvalue weighted by molar-refractivity contribution is 14.0. The first kappa shape index (κ1) is 19.2. The minimum absolute atomic E-state index is 0. The van der Waals surface area contributed by atoms with Gasteiger partial charge in [-0.15, -0.1) is 24.0 Å². The summed E-state index contributed by atoms with van der Waals surface area (Å²) in [6.07, 6.45) is 7.44. The van der Waals surface area contributed by atoms with Crippen LogP contribution in [0.5, 0.6) is 0 Å². The van der Waals surface area contributed by atoms with Gasteiger partial charge in [-0.2, -0.15) is 0 Å². The number of hydrogen-bond donors (Lipinski definition) is 2. The fourth-order valence-electron chi connectivity index (χ4n) is 4.07. The van der Waals surface area contributed by atoms with Gasteiger partial charge in [0, 0.05) is 26.7 Å². The second kappa shape index (κ2) is 8.31. The van der Waals surface area contributed by atoms with Crippen LogP contribution in [0, 0.1) is 23.7 Å². The van der Waals surface area contributed by atoms with Crippen LogP contribution in [0.4, 0.5) is 0 Å². The molecule has 4 unspecified atom stereocenters. The number of aliphatic imine (C=N–C) groups is 1. The van der Waals surface area contributed by atoms with E-state index in [1.807, 2.05) is 0 Å². The lowest BCUT2D eigenvalue weighted by Gasteiger charge is -2.18. The summed E-state index contributed by atoms with van der Waals surface area (Å²) >= 11 is 0. The molecule has 1 saturated heterocycles. The van der Waals surface area contributed by atoms with Crippen LogP contribution in [0.2, 0.25) is 0 Å². The van der Waals surface area contributed by atoms with Gasteiger partial charge in [0.05, 0.1) is 11.8 Å². The number of fused-ring (bicyclic) bond motifs is 5. The van der Waals surface area contributed by atoms with Crippen LogP contribution in [0.15, 0.2) is 17.1 Å². The SMILES string of the molecule is CCCCNC(=NC)NCCN1C(=O)C2C3C=CC(C3)C2C1=O.I. The number of carbonyl (C=O) groups is 2. The first-order chi connectivity index (χ1) is 11.2. The first-order valence-electron chi connectivity index (χ1n) is 8.65. The molecule has 1 saturated carbocycles. The number of guanidine groups is 1. The molecule has 0 spiro atoms. The zero-order valence-electron chi connectivity index (χ0n) is 14.3. The number of halogens is 1. The lowest BCUT2D eigenvalue weighted by atomic mass is 9.85. The largest absolute Gasteiger partial charge is 0.356 e. The molecular formula is C17H27IN4O2. The van der Waals surface area contributed by atoms with Gasteiger partial charge in [-0.3, -0.25) is 19.5 Å². The van der Waals surface area contributed by atoms with Gasteiger partial charge < -0.3 is 10.6 Å². The molecule has 2 N–H and O–H groups in total. The van der Waals surface area contributed by atoms with E-state index in [9.17, 15) is 9.59 Å². The number of nitrogens with zero attached hydrogens (tertiary/aromatic N) is 2. The molecule has 4 atom stereocenters. The summed E-state index contributed by atoms with van der Waals surface area (Å²) in [6.45, 7) is 3.96. The molecule has 6 nitrogen and oxygen atoms in total. The third kappa shape index (κ3) is 3.45. The molecule has 2 amide bonds. The van der Waals surface area contributed by atoms with E-state index in [-0.39, 0.29) is 59.5 Å². The zero-order valence-corrected chi connectivity index (χ0v) is 16.7. The van der Waals surface area contributed by atoms with Gasteiger partial charge in [0.15, 0.2) is 5.96 Å². The Labute approximate surface area is 160 Å². The fourth-order valence-corrected chi connectivity index (χ4v) is 4.07. The summed E-state index contributed by atoms with van der Waals surface area (Å²) in [5.41, 5.74) is 0. The summed E-state index contributed by atoms with van der Waals surface area (Å²) in [7, 11) is 1.72. The van der Waals surface area contributed by atoms with Crippen molar-refractivity contribution in [1.29, 1.82) is 0 Å². The molecule has 2 fully saturated rings. The average molecular weight is 446 g/mol. The van der Waals surface area contributed by atoms with Gasteiger partial charge in [0.1, 0.15) is 0 Å². The van der Waals surface area contributed by atoms with Crippen molar-refractivity contribution >= 4 is 41.8 Å². The third-order valence-electron chi connectivity index (χ3n) is 5.24. The van der Waals surface area contributed by atoms with Gasteiger partial charge in [0.25, 0.3) is 0 Å². The molecule has 1 heterocycles. The van der Waals surface area contributed by atoms with E-state index < -0.39 is 0 Å². The maximum Gasteiger partial charge on any atom is 0.233 e. The number of imide groups is 1. The van der Waals surface area contributed by atoms with Crippen LogP contribution in [0.3, 0.4) is 0 Å². The first-order valence-corrected chi connectivity index (χ1v) is 8.65. The molecule has 3 aliphatic rings. The number of allylic oxidation sites excluding steroid dienone is 2. The Morgan fingerprint density at radius 3 is 2.29 bits per heavy atom. The van der Waals surface area contributed by atoms with Crippen molar-refractivity contribution in [3.63, 3.8) is 0 Å². The quantitative estimate of drug-likeness (QED) is 0.162. The molecule has 134 valence electrons. The highest BCUT2D eigenvalue weighted by atomic mass is 127. The molecule has 7 heteroatoms. The van der Waals surface area contributed by atoms with Gasteiger partial charge in [-0.1, -0.05) is 25.5 Å². The number of carbonyl (C=O) groups excluding carboxylic acids is 2. The lowest BCUT2D eigenvalue weighted by Crippen LogP contribution is -2.43. The van der Waals surface area contributed by atoms with Crippen LogP contribution in [0.25, 0.3) is 0 Å². The van der Waals surface area contributed by atoms with Gasteiger partial charge in [-0.25, -0.2) is 0 Å². The summed E-state index contributed by atoms with van der Waals surface area (Å²) in [5, 5.41) is 6.40. The highest BCUT2D eigenvalue weighted by Crippen LogP contribution is 2.52. The standard InChI is InChI=1S/C17H26N4O2.HI/c1-3-4-7-19-17(18-2)20-8-9-21-15(22)13-11-5-6-12(10-11)14(13)16(21)23;/h5-6,11-14H,3-4,7-10H2,1-2H3,(H2,18,19,20);1H. The molecule has 2 aliphatic carbocycles. The molecule has 1 aliphatic heterocycles. The Morgan fingerprint density at radius 1 is 1.17 bits per heavy atom. The minimum atomic E-state index is -0.0977. The summed E-state index contributed by atoms with van der Waals surface area (Å²) < 4.78 is 0. The predicted octanol–water partition coefficient (Wildman–Crippen LogP) is 1.38. The van der Waals surface area contributed by atoms with Gasteiger partial charge >= 0.3 is 0 Å². The van der Waals surface area contributed by atoms with Crippen molar-refractivity contribution in [1.82, 2.24) is 15.5 Å². The maximum absolute atomic E-state index is 12.5. The van der Waals surface area contributed by atoms with Crippen molar-refractivity contribution < 1.29 is 9.59 Å². The number of hydrogen-bond acceptors (Lipinski definition) is 3. The fraction of sp³-hybridized carbons (Fsp3) is 0.706. The third-order valence-corrected chi connectivity index (χ3v) is 5.24. The molecular weight excluding hydrogens is 419 g/mol. The average Bonchev–Trinajstić information content (AvgIpc) is 3.22. The van der Waals surface area contributed by atoms with E-state index >= 15 is 0 Å². The van der Waals surface area contributed by atoms with Crippen LogP contribution in [-0.2, 0) is 9.59 Å². The Morgan fingerprint density at radius 2 is 1.75 bits per heavy atom. The van der Waals surface area contributed by atoms with Crippen LogP contribution >= 0.6 is 24.0 Å². The van der Waals surface area contributed by atoms with Crippen molar-refractivity contribution in [3.8, 4) is 0 Å². The molecule has 3 rings (SSSR count). The Balaban J connectivity index is 0.00000208. The normalized spacial score (nSPS) is 30.6. The van der Waals surface area contributed by atoms with Crippen LogP contribution < -0.4 is 10.6 Å². The number of amides is 2. The number of nitrogens with one attached hydrogen (secondary N) is 2. The van der Waals surface area contributed by atoms with Crippen LogP contribution in [0.1, 0.15) is 26.2 Å². The van der Waals surface area contributed by atoms with Crippen molar-refractivity contribution in [2.24, 2.45) is 28.7 Å². The van der Waals surface area contributed by atoms with Crippen molar-refractivity contribution in [2.45, 2.75) is 26.2 Å². The predicted molar refractivity (Wildman–Crippen MR) is 104 cm³/mol. The van der Waals surface area contributed by atoms with E-state index in [1.54, 1.807) is 7.05 Å². The number of rotatable bonds is 6. The Bertz CT molecular complexity index is 519. The van der Waals surface area contributed by atoms with E-state index in [4.69, 9.17) is 0 Å². The monoisotopic (exact) mass is 446 g/mol. The van der Waals surface area contributed by atoms with E-state index in [1.165, 1.54) is 4.90 Å². The second-order valence-corrected chi connectivity index (χ2v) is 6.61. The minimum Gasteiger partial charge on any atom is -0.356 e. The van der Waals surface area contributed by atoms with E-state index in [0.717, 1.165) is 31.8 Å². The highest BCUT2D eigenvalue weighted by Gasteiger charge is 2.58. The zero-order chi connectivity index (χ0) is 16.4.